The van der Waals surface area contributed by atoms with Gasteiger partial charge in [0.2, 0.25) is 0 Å². The molecule has 0 saturated carbocycles. The van der Waals surface area contributed by atoms with E-state index in [1.165, 1.54) is 12.2 Å². The van der Waals surface area contributed by atoms with E-state index < -0.39 is 5.83 Å². The van der Waals surface area contributed by atoms with Crippen LogP contribution in [-0.2, 0) is 12.8 Å². The molecule has 0 spiro atoms. The lowest BCUT2D eigenvalue weighted by molar-refractivity contribution is 0.400. The average Bonchev–Trinajstić information content (AvgIpc) is 2.84. The number of aliphatic hydroxyl groups excluding tert-OH is 1. The minimum atomic E-state index is -0.664. The summed E-state index contributed by atoms with van der Waals surface area (Å²) in [5.74, 6) is -0.978. The number of halogens is 1. The van der Waals surface area contributed by atoms with Crippen LogP contribution in [0.5, 0.6) is 0 Å². The van der Waals surface area contributed by atoms with E-state index >= 15 is 0 Å². The van der Waals surface area contributed by atoms with Crippen LogP contribution >= 0.6 is 0 Å². The lowest BCUT2D eigenvalue weighted by atomic mass is 9.93. The summed E-state index contributed by atoms with van der Waals surface area (Å²) in [5.41, 5.74) is 2.77. The molecule has 21 heavy (non-hydrogen) atoms. The normalized spacial score (nSPS) is 23.0. The monoisotopic (exact) mass is 286 g/mol. The van der Waals surface area contributed by atoms with Gasteiger partial charge in [0, 0.05) is 23.9 Å². The summed E-state index contributed by atoms with van der Waals surface area (Å²) >= 11 is 0. The zero-order chi connectivity index (χ0) is 15.4. The number of hydrogen-bond donors (Lipinski definition) is 2. The molecule has 1 aromatic heterocycles. The van der Waals surface area contributed by atoms with Gasteiger partial charge in [-0.15, -0.1) is 5.47 Å². The van der Waals surface area contributed by atoms with E-state index in [1.54, 1.807) is 6.08 Å². The van der Waals surface area contributed by atoms with E-state index in [2.05, 4.69) is 9.88 Å². The van der Waals surface area contributed by atoms with Gasteiger partial charge in [-0.3, -0.25) is 0 Å². The van der Waals surface area contributed by atoms with Gasteiger partial charge in [-0.05, 0) is 45.1 Å². The van der Waals surface area contributed by atoms with Gasteiger partial charge in [-0.25, -0.2) is 4.39 Å². The minimum absolute atomic E-state index is 0.314. The number of rotatable bonds is 4. The molecular weight excluding hydrogens is 266 g/mol. The fourth-order valence-electron chi connectivity index (χ4n) is 2.41. The van der Waals surface area contributed by atoms with E-state index in [4.69, 9.17) is 7.85 Å². The maximum Gasteiger partial charge on any atom is 0.165 e. The largest absolute Gasteiger partial charge is 0.504 e. The van der Waals surface area contributed by atoms with Gasteiger partial charge in [0.25, 0.3) is 0 Å². The standard InChI is InChI=1S/C16H20BFN2O/c1-20(2)9-3-4-11-10-19-14-8-6-12(17)5-7-13(18)16(21)15(11)14/h5-7,10,19,21H,3-4,8-9H2,1-2H3/b7-5+,12-6+,16-13-. The molecule has 0 atom stereocenters. The fourth-order valence-corrected chi connectivity index (χ4v) is 2.41. The average molecular weight is 286 g/mol. The number of fused-ring (bicyclic) bond motifs is 1. The summed E-state index contributed by atoms with van der Waals surface area (Å²) in [5, 5.41) is 10.2. The van der Waals surface area contributed by atoms with Crippen molar-refractivity contribution in [3.63, 3.8) is 0 Å². The molecule has 1 heterocycles. The van der Waals surface area contributed by atoms with Gasteiger partial charge >= 0.3 is 0 Å². The summed E-state index contributed by atoms with van der Waals surface area (Å²) in [6, 6.07) is 0. The molecule has 0 unspecified atom stereocenters. The molecule has 0 amide bonds. The number of aromatic amines is 1. The van der Waals surface area contributed by atoms with E-state index in [0.29, 0.717) is 17.5 Å². The van der Waals surface area contributed by atoms with E-state index in [0.717, 1.165) is 30.6 Å². The Balaban J connectivity index is 2.33. The highest BCUT2D eigenvalue weighted by Gasteiger charge is 2.18. The van der Waals surface area contributed by atoms with Gasteiger partial charge in [-0.1, -0.05) is 12.2 Å². The van der Waals surface area contributed by atoms with Gasteiger partial charge in [0.1, 0.15) is 7.85 Å². The molecule has 5 heteroatoms. The molecule has 0 aliphatic heterocycles. The number of H-pyrrole nitrogens is 1. The van der Waals surface area contributed by atoms with Crippen molar-refractivity contribution >= 4 is 13.6 Å². The summed E-state index contributed by atoms with van der Waals surface area (Å²) in [6.45, 7) is 0.944. The first-order valence-corrected chi connectivity index (χ1v) is 7.05. The topological polar surface area (TPSA) is 39.3 Å². The Labute approximate surface area is 126 Å². The predicted octanol–water partition coefficient (Wildman–Crippen LogP) is 2.87. The first kappa shape index (κ1) is 15.6. The smallest absolute Gasteiger partial charge is 0.165 e. The highest BCUT2D eigenvalue weighted by Crippen LogP contribution is 2.28. The van der Waals surface area contributed by atoms with Crippen LogP contribution in [0, 0.1) is 0 Å². The van der Waals surface area contributed by atoms with Crippen LogP contribution in [0.3, 0.4) is 0 Å². The van der Waals surface area contributed by atoms with Crippen LogP contribution in [0.1, 0.15) is 23.2 Å². The minimum Gasteiger partial charge on any atom is -0.504 e. The van der Waals surface area contributed by atoms with Gasteiger partial charge in [0.05, 0.1) is 0 Å². The summed E-state index contributed by atoms with van der Waals surface area (Å²) in [6.07, 6.45) is 8.58. The second-order valence-electron chi connectivity index (χ2n) is 5.51. The predicted molar refractivity (Wildman–Crippen MR) is 85.0 cm³/mol. The number of aliphatic hydroxyl groups is 1. The number of aryl methyl sites for hydroxylation is 1. The van der Waals surface area contributed by atoms with E-state index in [1.807, 2.05) is 20.3 Å². The number of nitrogens with zero attached hydrogens (tertiary/aromatic N) is 1. The Hall–Kier alpha value is -1.75. The molecule has 2 radical (unpaired) electrons. The zero-order valence-electron chi connectivity index (χ0n) is 12.5. The fraction of sp³-hybridized carbons (Fsp3) is 0.375. The maximum absolute atomic E-state index is 14.0. The number of aromatic nitrogens is 1. The highest BCUT2D eigenvalue weighted by atomic mass is 19.1. The second kappa shape index (κ2) is 6.81. The molecule has 2 N–H and O–H groups in total. The van der Waals surface area contributed by atoms with Crippen molar-refractivity contribution in [2.45, 2.75) is 19.3 Å². The molecule has 0 bridgehead atoms. The van der Waals surface area contributed by atoms with Crippen LogP contribution < -0.4 is 0 Å². The first-order valence-electron chi connectivity index (χ1n) is 7.05. The molecule has 1 aliphatic carbocycles. The molecule has 3 nitrogen and oxygen atoms in total. The SMILES string of the molecule is [B]C1=C\Cc2[nH]cc(CCCN(C)C)c2\C(O)=C(F)/C=C/1. The molecule has 0 aromatic carbocycles. The third kappa shape index (κ3) is 3.88. The third-order valence-corrected chi connectivity index (χ3v) is 3.52. The van der Waals surface area contributed by atoms with Crippen molar-refractivity contribution in [2.75, 3.05) is 20.6 Å². The van der Waals surface area contributed by atoms with Crippen molar-refractivity contribution in [1.29, 1.82) is 0 Å². The Morgan fingerprint density at radius 3 is 2.86 bits per heavy atom. The molecule has 1 aromatic rings. The first-order chi connectivity index (χ1) is 9.99. The van der Waals surface area contributed by atoms with Gasteiger partial charge < -0.3 is 15.0 Å². The van der Waals surface area contributed by atoms with Crippen molar-refractivity contribution < 1.29 is 9.50 Å². The van der Waals surface area contributed by atoms with Gasteiger partial charge in [-0.2, -0.15) is 0 Å². The lowest BCUT2D eigenvalue weighted by Crippen LogP contribution is -2.13. The lowest BCUT2D eigenvalue weighted by Gasteiger charge is -2.10. The molecular formula is C16H20BFN2O. The Bertz CT molecular complexity index is 599. The third-order valence-electron chi connectivity index (χ3n) is 3.52. The van der Waals surface area contributed by atoms with Crippen molar-refractivity contribution in [3.8, 4) is 0 Å². The number of hydrogen-bond acceptors (Lipinski definition) is 2. The van der Waals surface area contributed by atoms with Crippen molar-refractivity contribution in [3.05, 3.63) is 52.5 Å². The summed E-state index contributed by atoms with van der Waals surface area (Å²) in [4.78, 5) is 5.23. The van der Waals surface area contributed by atoms with Crippen LogP contribution in [-0.4, -0.2) is 43.5 Å². The Morgan fingerprint density at radius 1 is 1.38 bits per heavy atom. The Kier molecular flexibility index (Phi) is 5.07. The number of nitrogens with one attached hydrogen (secondary N) is 1. The summed E-state index contributed by atoms with van der Waals surface area (Å²) in [7, 11) is 9.77. The zero-order valence-corrected chi connectivity index (χ0v) is 12.5. The van der Waals surface area contributed by atoms with Crippen LogP contribution in [0.4, 0.5) is 4.39 Å². The molecule has 1 aliphatic rings. The molecule has 0 saturated heterocycles. The van der Waals surface area contributed by atoms with Crippen molar-refractivity contribution in [1.82, 2.24) is 9.88 Å². The molecule has 0 fully saturated rings. The van der Waals surface area contributed by atoms with Gasteiger partial charge in [0.15, 0.2) is 11.6 Å². The molecule has 110 valence electrons. The molecule has 2 rings (SSSR count). The van der Waals surface area contributed by atoms with Crippen LogP contribution in [0.15, 0.2) is 35.7 Å². The highest BCUT2D eigenvalue weighted by molar-refractivity contribution is 6.23. The van der Waals surface area contributed by atoms with Crippen molar-refractivity contribution in [2.24, 2.45) is 0 Å². The number of allylic oxidation sites excluding steroid dienone is 5. The van der Waals surface area contributed by atoms with E-state index in [-0.39, 0.29) is 5.76 Å². The summed E-state index contributed by atoms with van der Waals surface area (Å²) < 4.78 is 14.0. The second-order valence-corrected chi connectivity index (χ2v) is 5.51. The maximum atomic E-state index is 14.0. The van der Waals surface area contributed by atoms with E-state index in [9.17, 15) is 9.50 Å². The quantitative estimate of drug-likeness (QED) is 0.835. The van der Waals surface area contributed by atoms with Crippen LogP contribution in [0.25, 0.3) is 5.76 Å². The Morgan fingerprint density at radius 2 is 2.14 bits per heavy atom. The van der Waals surface area contributed by atoms with Crippen LogP contribution in [0.2, 0.25) is 0 Å².